The summed E-state index contributed by atoms with van der Waals surface area (Å²) in [6.07, 6.45) is 0.193. The molecule has 1 aromatic carbocycles. The molecule has 0 spiro atoms. The highest BCUT2D eigenvalue weighted by Crippen LogP contribution is 2.22. The first-order chi connectivity index (χ1) is 12.8. The van der Waals surface area contributed by atoms with E-state index in [1.807, 2.05) is 18.7 Å². The third-order valence-electron chi connectivity index (χ3n) is 4.64. The second kappa shape index (κ2) is 7.36. The van der Waals surface area contributed by atoms with Gasteiger partial charge in [-0.3, -0.25) is 24.5 Å². The van der Waals surface area contributed by atoms with Crippen LogP contribution >= 0.6 is 0 Å². The minimum Gasteiger partial charge on any atom is -0.372 e. The van der Waals surface area contributed by atoms with Crippen LogP contribution in [0.3, 0.4) is 0 Å². The maximum Gasteiger partial charge on any atom is 0.329 e. The van der Waals surface area contributed by atoms with Crippen LogP contribution < -0.4 is 16.1 Å². The van der Waals surface area contributed by atoms with E-state index in [1.165, 1.54) is 19.2 Å². The smallest absolute Gasteiger partial charge is 0.329 e. The van der Waals surface area contributed by atoms with Crippen molar-refractivity contribution in [3.63, 3.8) is 0 Å². The fourth-order valence-corrected chi connectivity index (χ4v) is 3.39. The minimum atomic E-state index is -0.478. The first kappa shape index (κ1) is 18.8. The molecule has 1 saturated heterocycles. The van der Waals surface area contributed by atoms with E-state index in [-0.39, 0.29) is 29.9 Å². The molecule has 1 aliphatic heterocycles. The number of nitro groups is 1. The minimum absolute atomic E-state index is 0.0100. The number of morpholine rings is 1. The van der Waals surface area contributed by atoms with Crippen molar-refractivity contribution in [2.45, 2.75) is 32.5 Å². The number of anilines is 1. The largest absolute Gasteiger partial charge is 0.372 e. The van der Waals surface area contributed by atoms with Crippen LogP contribution in [0.4, 0.5) is 11.5 Å². The third kappa shape index (κ3) is 3.92. The SMILES string of the molecule is C[C@@H]1CN(c2[nH]c(=O)n(C)c(=O)c2Cc2ccc([N+](=O)[O-])cc2)C[C@@H](C)O1. The fraction of sp³-hybridized carbons (Fsp3) is 0.444. The fourth-order valence-electron chi connectivity index (χ4n) is 3.39. The Labute approximate surface area is 155 Å². The molecule has 1 aromatic heterocycles. The number of nitrogens with zero attached hydrogens (tertiary/aromatic N) is 3. The first-order valence-electron chi connectivity index (χ1n) is 8.72. The highest BCUT2D eigenvalue weighted by atomic mass is 16.6. The number of hydrogen-bond donors (Lipinski definition) is 1. The number of benzene rings is 1. The molecule has 3 rings (SSSR count). The van der Waals surface area contributed by atoms with Crippen LogP contribution in [0.5, 0.6) is 0 Å². The molecule has 0 aliphatic carbocycles. The second-order valence-electron chi connectivity index (χ2n) is 6.88. The summed E-state index contributed by atoms with van der Waals surface area (Å²) in [4.78, 5) is 40.1. The number of nitro benzene ring substituents is 1. The molecule has 144 valence electrons. The standard InChI is InChI=1S/C18H22N4O5/c1-11-9-21(10-12(2)27-11)16-15(17(23)20(3)18(24)19-16)8-13-4-6-14(7-5-13)22(25)26/h4-7,11-12H,8-10H2,1-3H3,(H,19,24)/t11-,12-/m1/s1. The van der Waals surface area contributed by atoms with Gasteiger partial charge in [0.2, 0.25) is 0 Å². The normalized spacial score (nSPS) is 19.9. The van der Waals surface area contributed by atoms with E-state index in [0.29, 0.717) is 24.5 Å². The number of H-pyrrole nitrogens is 1. The molecule has 0 unspecified atom stereocenters. The summed E-state index contributed by atoms with van der Waals surface area (Å²) in [6.45, 7) is 5.00. The third-order valence-corrected chi connectivity index (χ3v) is 4.64. The summed E-state index contributed by atoms with van der Waals surface area (Å²) in [6, 6.07) is 6.06. The summed E-state index contributed by atoms with van der Waals surface area (Å²) in [5, 5.41) is 10.8. The number of ether oxygens (including phenoxy) is 1. The van der Waals surface area contributed by atoms with Gasteiger partial charge in [0.05, 0.1) is 22.7 Å². The zero-order chi connectivity index (χ0) is 19.7. The van der Waals surface area contributed by atoms with Gasteiger partial charge in [0, 0.05) is 38.7 Å². The molecular formula is C18H22N4O5. The van der Waals surface area contributed by atoms with Gasteiger partial charge in [-0.05, 0) is 19.4 Å². The maximum atomic E-state index is 12.8. The van der Waals surface area contributed by atoms with Gasteiger partial charge in [-0.25, -0.2) is 4.79 Å². The molecule has 2 atom stereocenters. The summed E-state index contributed by atoms with van der Waals surface area (Å²) >= 11 is 0. The second-order valence-corrected chi connectivity index (χ2v) is 6.88. The van der Waals surface area contributed by atoms with Gasteiger partial charge in [-0.1, -0.05) is 12.1 Å². The van der Waals surface area contributed by atoms with E-state index >= 15 is 0 Å². The quantitative estimate of drug-likeness (QED) is 0.636. The van der Waals surface area contributed by atoms with Gasteiger partial charge in [0.1, 0.15) is 5.82 Å². The Kier molecular flexibility index (Phi) is 5.13. The number of rotatable bonds is 4. The van der Waals surface area contributed by atoms with Crippen molar-refractivity contribution in [3.05, 3.63) is 66.3 Å². The number of hydrogen-bond acceptors (Lipinski definition) is 6. The first-order valence-corrected chi connectivity index (χ1v) is 8.72. The van der Waals surface area contributed by atoms with Crippen molar-refractivity contribution >= 4 is 11.5 Å². The monoisotopic (exact) mass is 374 g/mol. The van der Waals surface area contributed by atoms with Crippen molar-refractivity contribution in [3.8, 4) is 0 Å². The Bertz CT molecular complexity index is 953. The van der Waals surface area contributed by atoms with Crippen LogP contribution in [0.1, 0.15) is 25.0 Å². The molecule has 9 nitrogen and oxygen atoms in total. The molecule has 0 amide bonds. The Morgan fingerprint density at radius 2 is 1.78 bits per heavy atom. The average molecular weight is 374 g/mol. The van der Waals surface area contributed by atoms with E-state index < -0.39 is 10.6 Å². The highest BCUT2D eigenvalue weighted by Gasteiger charge is 2.26. The number of aromatic nitrogens is 2. The zero-order valence-corrected chi connectivity index (χ0v) is 15.5. The lowest BCUT2D eigenvalue weighted by molar-refractivity contribution is -0.384. The lowest BCUT2D eigenvalue weighted by Gasteiger charge is -2.37. The Morgan fingerprint density at radius 3 is 2.33 bits per heavy atom. The highest BCUT2D eigenvalue weighted by molar-refractivity contribution is 5.49. The topological polar surface area (TPSA) is 110 Å². The summed E-state index contributed by atoms with van der Waals surface area (Å²) < 4.78 is 6.77. The molecular weight excluding hydrogens is 352 g/mol. The van der Waals surface area contributed by atoms with E-state index in [2.05, 4.69) is 4.98 Å². The van der Waals surface area contributed by atoms with Gasteiger partial charge in [-0.2, -0.15) is 0 Å². The Balaban J connectivity index is 2.03. The summed E-state index contributed by atoms with van der Waals surface area (Å²) in [5.41, 5.74) is 0.338. The zero-order valence-electron chi connectivity index (χ0n) is 15.5. The molecule has 0 radical (unpaired) electrons. The lowest BCUT2D eigenvalue weighted by Crippen LogP contribution is -2.48. The Hall–Kier alpha value is -2.94. The lowest BCUT2D eigenvalue weighted by atomic mass is 10.1. The van der Waals surface area contributed by atoms with E-state index in [0.717, 1.165) is 10.1 Å². The van der Waals surface area contributed by atoms with Crippen molar-refractivity contribution in [2.24, 2.45) is 7.05 Å². The molecule has 0 saturated carbocycles. The molecule has 0 bridgehead atoms. The van der Waals surface area contributed by atoms with Gasteiger partial charge >= 0.3 is 5.69 Å². The molecule has 2 heterocycles. The van der Waals surface area contributed by atoms with Crippen LogP contribution in [0.25, 0.3) is 0 Å². The predicted molar refractivity (Wildman–Crippen MR) is 100 cm³/mol. The van der Waals surface area contributed by atoms with Crippen molar-refractivity contribution in [2.75, 3.05) is 18.0 Å². The summed E-state index contributed by atoms with van der Waals surface area (Å²) in [7, 11) is 1.43. The van der Waals surface area contributed by atoms with Gasteiger partial charge in [-0.15, -0.1) is 0 Å². The van der Waals surface area contributed by atoms with E-state index in [4.69, 9.17) is 4.74 Å². The van der Waals surface area contributed by atoms with Crippen LogP contribution in [0.15, 0.2) is 33.9 Å². The summed E-state index contributed by atoms with van der Waals surface area (Å²) in [5.74, 6) is 0.489. The van der Waals surface area contributed by atoms with Gasteiger partial charge in [0.25, 0.3) is 11.2 Å². The average Bonchev–Trinajstić information content (AvgIpc) is 2.61. The van der Waals surface area contributed by atoms with Crippen molar-refractivity contribution < 1.29 is 9.66 Å². The van der Waals surface area contributed by atoms with Gasteiger partial charge in [0.15, 0.2) is 0 Å². The number of nitrogens with one attached hydrogen (secondary N) is 1. The molecule has 1 aliphatic rings. The van der Waals surface area contributed by atoms with Crippen LogP contribution in [-0.4, -0.2) is 39.8 Å². The predicted octanol–water partition coefficient (Wildman–Crippen LogP) is 1.19. The molecule has 1 fully saturated rings. The number of non-ortho nitro benzene ring substituents is 1. The molecule has 27 heavy (non-hydrogen) atoms. The molecule has 2 aromatic rings. The van der Waals surface area contributed by atoms with Gasteiger partial charge < -0.3 is 9.64 Å². The van der Waals surface area contributed by atoms with E-state index in [9.17, 15) is 19.7 Å². The molecule has 1 N–H and O–H groups in total. The molecule has 9 heteroatoms. The van der Waals surface area contributed by atoms with Crippen LogP contribution in [-0.2, 0) is 18.2 Å². The van der Waals surface area contributed by atoms with Crippen molar-refractivity contribution in [1.82, 2.24) is 9.55 Å². The maximum absolute atomic E-state index is 12.8. The van der Waals surface area contributed by atoms with Crippen molar-refractivity contribution in [1.29, 1.82) is 0 Å². The van der Waals surface area contributed by atoms with E-state index in [1.54, 1.807) is 12.1 Å². The Morgan fingerprint density at radius 1 is 1.19 bits per heavy atom. The van der Waals surface area contributed by atoms with Crippen LogP contribution in [0.2, 0.25) is 0 Å². The van der Waals surface area contributed by atoms with Crippen LogP contribution in [0, 0.1) is 10.1 Å². The number of aromatic amines is 1.